The summed E-state index contributed by atoms with van der Waals surface area (Å²) in [5.41, 5.74) is 5.35. The molecule has 0 bridgehead atoms. The molecule has 0 saturated carbocycles. The highest BCUT2D eigenvalue weighted by molar-refractivity contribution is 7.13. The molecule has 0 saturated heterocycles. The van der Waals surface area contributed by atoms with E-state index >= 15 is 0 Å². The molecule has 1 rings (SSSR count). The van der Waals surface area contributed by atoms with Gasteiger partial charge in [0.2, 0.25) is 5.88 Å². The van der Waals surface area contributed by atoms with Gasteiger partial charge in [-0.2, -0.15) is 4.98 Å². The van der Waals surface area contributed by atoms with Gasteiger partial charge in [-0.3, -0.25) is 0 Å². The second kappa shape index (κ2) is 4.66. The maximum atomic E-state index is 10.8. The van der Waals surface area contributed by atoms with Crippen LogP contribution in [-0.2, 0) is 9.53 Å². The number of aromatic nitrogens is 1. The molecule has 6 heteroatoms. The van der Waals surface area contributed by atoms with E-state index in [0.29, 0.717) is 17.6 Å². The second-order valence-electron chi connectivity index (χ2n) is 2.12. The summed E-state index contributed by atoms with van der Waals surface area (Å²) < 4.78 is 9.64. The number of nitrogen functional groups attached to an aromatic ring is 1. The van der Waals surface area contributed by atoms with Crippen LogP contribution in [0.5, 0.6) is 5.88 Å². The summed E-state index contributed by atoms with van der Waals surface area (Å²) in [5.74, 6) is -0.0513. The van der Waals surface area contributed by atoms with Gasteiger partial charge in [0.05, 0.1) is 12.0 Å². The van der Waals surface area contributed by atoms with E-state index in [1.165, 1.54) is 11.3 Å². The predicted octanol–water partition coefficient (Wildman–Crippen LogP) is 0.667. The van der Waals surface area contributed by atoms with Gasteiger partial charge in [0.15, 0.2) is 11.7 Å². The molecule has 1 aromatic heterocycles. The summed E-state index contributed by atoms with van der Waals surface area (Å²) in [6, 6.07) is 0. The molecule has 0 amide bonds. The molecule has 1 heterocycles. The number of thiazole rings is 1. The van der Waals surface area contributed by atoms with E-state index in [2.05, 4.69) is 9.72 Å². The predicted molar refractivity (Wildman–Crippen MR) is 48.7 cm³/mol. The standard InChI is InChI=1S/C7H10N2O3S/c1-2-11-6(10)3-12-5-4-13-7(8)9-5/h4H,2-3H2,1H3,(H2,8,9). The first-order chi connectivity index (χ1) is 6.22. The molecule has 0 spiro atoms. The summed E-state index contributed by atoms with van der Waals surface area (Å²) in [5, 5.41) is 2.05. The van der Waals surface area contributed by atoms with E-state index in [-0.39, 0.29) is 6.61 Å². The Morgan fingerprint density at radius 2 is 2.54 bits per heavy atom. The Balaban J connectivity index is 2.30. The highest BCUT2D eigenvalue weighted by Crippen LogP contribution is 2.17. The zero-order valence-electron chi connectivity index (χ0n) is 7.15. The van der Waals surface area contributed by atoms with Crippen LogP contribution < -0.4 is 10.5 Å². The zero-order chi connectivity index (χ0) is 9.68. The molecule has 0 unspecified atom stereocenters. The van der Waals surface area contributed by atoms with Gasteiger partial charge < -0.3 is 15.2 Å². The molecule has 5 nitrogen and oxygen atoms in total. The van der Waals surface area contributed by atoms with Gasteiger partial charge >= 0.3 is 5.97 Å². The van der Waals surface area contributed by atoms with Crippen LogP contribution >= 0.6 is 11.3 Å². The van der Waals surface area contributed by atoms with E-state index in [9.17, 15) is 4.79 Å². The minimum absolute atomic E-state index is 0.128. The number of ether oxygens (including phenoxy) is 2. The first-order valence-corrected chi connectivity index (χ1v) is 4.59. The smallest absolute Gasteiger partial charge is 0.344 e. The number of hydrogen-bond acceptors (Lipinski definition) is 6. The number of nitrogens with zero attached hydrogens (tertiary/aromatic N) is 1. The van der Waals surface area contributed by atoms with Crippen LogP contribution in [0.2, 0.25) is 0 Å². The lowest BCUT2D eigenvalue weighted by molar-refractivity contribution is -0.145. The summed E-state index contributed by atoms with van der Waals surface area (Å²) in [6.07, 6.45) is 0. The topological polar surface area (TPSA) is 74.4 Å². The third-order valence-electron chi connectivity index (χ3n) is 1.14. The van der Waals surface area contributed by atoms with Crippen molar-refractivity contribution in [1.29, 1.82) is 0 Å². The molecule has 0 aromatic carbocycles. The van der Waals surface area contributed by atoms with Crippen LogP contribution in [0.3, 0.4) is 0 Å². The molecule has 13 heavy (non-hydrogen) atoms. The maximum absolute atomic E-state index is 10.8. The SMILES string of the molecule is CCOC(=O)COc1csc(N)n1. The highest BCUT2D eigenvalue weighted by atomic mass is 32.1. The number of esters is 1. The van der Waals surface area contributed by atoms with Gasteiger partial charge in [-0.15, -0.1) is 11.3 Å². The van der Waals surface area contributed by atoms with Gasteiger partial charge in [-0.05, 0) is 6.92 Å². The van der Waals surface area contributed by atoms with Gasteiger partial charge in [-0.25, -0.2) is 4.79 Å². The number of hydrogen-bond donors (Lipinski definition) is 1. The van der Waals surface area contributed by atoms with Crippen molar-refractivity contribution >= 4 is 22.4 Å². The summed E-state index contributed by atoms with van der Waals surface area (Å²) in [6.45, 7) is 1.96. The van der Waals surface area contributed by atoms with Crippen LogP contribution in [0, 0.1) is 0 Å². The minimum atomic E-state index is -0.408. The number of nitrogens with two attached hydrogens (primary N) is 1. The van der Waals surface area contributed by atoms with Crippen molar-refractivity contribution in [3.8, 4) is 5.88 Å². The fourth-order valence-corrected chi connectivity index (χ4v) is 1.16. The number of carbonyl (C=O) groups excluding carboxylic acids is 1. The fourth-order valence-electron chi connectivity index (χ4n) is 0.674. The lowest BCUT2D eigenvalue weighted by Crippen LogP contribution is -2.14. The average Bonchev–Trinajstić information content (AvgIpc) is 2.49. The van der Waals surface area contributed by atoms with Crippen molar-refractivity contribution in [3.05, 3.63) is 5.38 Å². The Hall–Kier alpha value is -1.30. The third kappa shape index (κ3) is 3.29. The number of carbonyl (C=O) groups is 1. The molecular weight excluding hydrogens is 192 g/mol. The molecule has 72 valence electrons. The molecule has 2 N–H and O–H groups in total. The van der Waals surface area contributed by atoms with E-state index < -0.39 is 5.97 Å². The highest BCUT2D eigenvalue weighted by Gasteiger charge is 2.04. The summed E-state index contributed by atoms with van der Waals surface area (Å²) >= 11 is 1.26. The van der Waals surface area contributed by atoms with Crippen molar-refractivity contribution in [1.82, 2.24) is 4.98 Å². The normalized spacial score (nSPS) is 9.62. The number of anilines is 1. The third-order valence-corrected chi connectivity index (χ3v) is 1.80. The molecular formula is C7H10N2O3S. The molecule has 1 aromatic rings. The van der Waals surface area contributed by atoms with Crippen LogP contribution in [0.1, 0.15) is 6.92 Å². The molecule has 0 atom stereocenters. The van der Waals surface area contributed by atoms with Crippen LogP contribution in [0.4, 0.5) is 5.13 Å². The van der Waals surface area contributed by atoms with Crippen molar-refractivity contribution in [3.63, 3.8) is 0 Å². The molecule has 0 aliphatic heterocycles. The lowest BCUT2D eigenvalue weighted by atomic mass is 10.7. The van der Waals surface area contributed by atoms with E-state index in [0.717, 1.165) is 0 Å². The van der Waals surface area contributed by atoms with Gasteiger partial charge in [0.1, 0.15) is 0 Å². The Bertz CT molecular complexity index is 287. The first kappa shape index (κ1) is 9.79. The van der Waals surface area contributed by atoms with Crippen molar-refractivity contribution in [2.45, 2.75) is 6.92 Å². The second-order valence-corrected chi connectivity index (χ2v) is 3.01. The van der Waals surface area contributed by atoms with Crippen LogP contribution in [-0.4, -0.2) is 24.2 Å². The van der Waals surface area contributed by atoms with Gasteiger partial charge in [-0.1, -0.05) is 0 Å². The minimum Gasteiger partial charge on any atom is -0.465 e. The zero-order valence-corrected chi connectivity index (χ0v) is 7.97. The Kier molecular flexibility index (Phi) is 3.51. The molecule has 0 fully saturated rings. The molecule has 0 radical (unpaired) electrons. The van der Waals surface area contributed by atoms with E-state index in [4.69, 9.17) is 10.5 Å². The summed E-state index contributed by atoms with van der Waals surface area (Å²) in [7, 11) is 0. The van der Waals surface area contributed by atoms with Crippen molar-refractivity contribution in [2.75, 3.05) is 18.9 Å². The molecule has 0 aliphatic rings. The van der Waals surface area contributed by atoms with E-state index in [1.54, 1.807) is 12.3 Å². The van der Waals surface area contributed by atoms with Gasteiger partial charge in [0, 0.05) is 0 Å². The fraction of sp³-hybridized carbons (Fsp3) is 0.429. The van der Waals surface area contributed by atoms with Gasteiger partial charge in [0.25, 0.3) is 0 Å². The van der Waals surface area contributed by atoms with Crippen molar-refractivity contribution < 1.29 is 14.3 Å². The summed E-state index contributed by atoms with van der Waals surface area (Å²) in [4.78, 5) is 14.6. The largest absolute Gasteiger partial charge is 0.465 e. The van der Waals surface area contributed by atoms with E-state index in [1.807, 2.05) is 0 Å². The van der Waals surface area contributed by atoms with Crippen LogP contribution in [0.15, 0.2) is 5.38 Å². The van der Waals surface area contributed by atoms with Crippen LogP contribution in [0.25, 0.3) is 0 Å². The maximum Gasteiger partial charge on any atom is 0.344 e. The Morgan fingerprint density at radius 3 is 3.08 bits per heavy atom. The lowest BCUT2D eigenvalue weighted by Gasteiger charge is -2.01. The Morgan fingerprint density at radius 1 is 1.77 bits per heavy atom. The van der Waals surface area contributed by atoms with Crippen molar-refractivity contribution in [2.24, 2.45) is 0 Å². The first-order valence-electron chi connectivity index (χ1n) is 3.71. The number of rotatable bonds is 4. The Labute approximate surface area is 79.5 Å². The quantitative estimate of drug-likeness (QED) is 0.726. The monoisotopic (exact) mass is 202 g/mol. The average molecular weight is 202 g/mol. The molecule has 0 aliphatic carbocycles.